The Labute approximate surface area is 108 Å². The van der Waals surface area contributed by atoms with Crippen LogP contribution in [0.3, 0.4) is 0 Å². The molecular weight excluding hydrogens is 230 g/mol. The second-order valence-electron chi connectivity index (χ2n) is 4.84. The number of nitrogens with zero attached hydrogens (tertiary/aromatic N) is 3. The first-order chi connectivity index (χ1) is 8.64. The summed E-state index contributed by atoms with van der Waals surface area (Å²) >= 11 is 0. The molecule has 0 aromatic carbocycles. The van der Waals surface area contributed by atoms with Crippen molar-refractivity contribution in [2.75, 3.05) is 26.7 Å². The van der Waals surface area contributed by atoms with Gasteiger partial charge in [0.25, 0.3) is 0 Å². The highest BCUT2D eigenvalue weighted by atomic mass is 16.5. The van der Waals surface area contributed by atoms with Gasteiger partial charge in [-0.15, -0.1) is 0 Å². The maximum Gasteiger partial charge on any atom is 0.162 e. The SMILES string of the molecule is CCN1CCC(O)(c2c(OC)cnn2CC)CC1. The summed E-state index contributed by atoms with van der Waals surface area (Å²) in [4.78, 5) is 2.35. The molecule has 5 nitrogen and oxygen atoms in total. The predicted molar refractivity (Wildman–Crippen MR) is 69.7 cm³/mol. The second-order valence-corrected chi connectivity index (χ2v) is 4.84. The topological polar surface area (TPSA) is 50.5 Å². The molecule has 1 aromatic heterocycles. The minimum Gasteiger partial charge on any atom is -0.493 e. The van der Waals surface area contributed by atoms with Crippen molar-refractivity contribution in [2.24, 2.45) is 0 Å². The monoisotopic (exact) mass is 253 g/mol. The lowest BCUT2D eigenvalue weighted by Gasteiger charge is -2.38. The highest BCUT2D eigenvalue weighted by Gasteiger charge is 2.38. The van der Waals surface area contributed by atoms with E-state index in [0.29, 0.717) is 5.75 Å². The summed E-state index contributed by atoms with van der Waals surface area (Å²) in [7, 11) is 1.63. The fourth-order valence-corrected chi connectivity index (χ4v) is 2.70. The Balaban J connectivity index is 2.27. The van der Waals surface area contributed by atoms with Crippen LogP contribution in [0.4, 0.5) is 0 Å². The molecule has 5 heteroatoms. The summed E-state index contributed by atoms with van der Waals surface area (Å²) in [6, 6.07) is 0. The van der Waals surface area contributed by atoms with Gasteiger partial charge < -0.3 is 14.7 Å². The quantitative estimate of drug-likeness (QED) is 0.876. The number of aliphatic hydroxyl groups is 1. The summed E-state index contributed by atoms with van der Waals surface area (Å²) in [6.45, 7) is 7.82. The number of aryl methyl sites for hydroxylation is 1. The molecular formula is C13H23N3O2. The molecule has 1 aromatic rings. The molecule has 0 radical (unpaired) electrons. The normalized spacial score (nSPS) is 20.0. The lowest BCUT2D eigenvalue weighted by atomic mass is 9.87. The molecule has 0 saturated carbocycles. The molecule has 0 amide bonds. The van der Waals surface area contributed by atoms with Gasteiger partial charge in [-0.25, -0.2) is 0 Å². The number of methoxy groups -OCH3 is 1. The van der Waals surface area contributed by atoms with E-state index in [1.54, 1.807) is 13.3 Å². The predicted octanol–water partition coefficient (Wildman–Crippen LogP) is 1.21. The number of piperidine rings is 1. The van der Waals surface area contributed by atoms with Crippen LogP contribution in [-0.4, -0.2) is 46.5 Å². The van der Waals surface area contributed by atoms with Gasteiger partial charge in [0.05, 0.1) is 13.3 Å². The van der Waals surface area contributed by atoms with Crippen LogP contribution in [0.1, 0.15) is 32.4 Å². The highest BCUT2D eigenvalue weighted by molar-refractivity contribution is 5.31. The van der Waals surface area contributed by atoms with Crippen molar-refractivity contribution in [1.82, 2.24) is 14.7 Å². The van der Waals surface area contributed by atoms with Crippen molar-refractivity contribution >= 4 is 0 Å². The Morgan fingerprint density at radius 3 is 2.50 bits per heavy atom. The molecule has 0 atom stereocenters. The van der Waals surface area contributed by atoms with Crippen LogP contribution in [0.2, 0.25) is 0 Å². The number of ether oxygens (including phenoxy) is 1. The highest BCUT2D eigenvalue weighted by Crippen LogP contribution is 2.37. The second kappa shape index (κ2) is 5.28. The van der Waals surface area contributed by atoms with Crippen molar-refractivity contribution < 1.29 is 9.84 Å². The third-order valence-electron chi connectivity index (χ3n) is 3.90. The van der Waals surface area contributed by atoms with Crippen LogP contribution < -0.4 is 4.74 Å². The van der Waals surface area contributed by atoms with Gasteiger partial charge in [0.15, 0.2) is 5.75 Å². The standard InChI is InChI=1S/C13H23N3O2/c1-4-15-8-6-13(17,7-9-15)12-11(18-3)10-14-16(12)5-2/h10,17H,4-9H2,1-3H3. The average molecular weight is 253 g/mol. The van der Waals surface area contributed by atoms with E-state index in [9.17, 15) is 5.11 Å². The summed E-state index contributed by atoms with van der Waals surface area (Å²) in [5.41, 5.74) is 0.0343. The van der Waals surface area contributed by atoms with Gasteiger partial charge in [-0.3, -0.25) is 4.68 Å². The van der Waals surface area contributed by atoms with E-state index in [-0.39, 0.29) is 0 Å². The first-order valence-corrected chi connectivity index (χ1v) is 6.69. The van der Waals surface area contributed by atoms with Gasteiger partial charge in [0.1, 0.15) is 11.3 Å². The molecule has 1 fully saturated rings. The zero-order valence-corrected chi connectivity index (χ0v) is 11.5. The molecule has 18 heavy (non-hydrogen) atoms. The largest absolute Gasteiger partial charge is 0.493 e. The molecule has 1 aliphatic heterocycles. The van der Waals surface area contributed by atoms with E-state index < -0.39 is 5.60 Å². The van der Waals surface area contributed by atoms with Gasteiger partial charge in [0.2, 0.25) is 0 Å². The van der Waals surface area contributed by atoms with E-state index >= 15 is 0 Å². The fraction of sp³-hybridized carbons (Fsp3) is 0.769. The molecule has 0 spiro atoms. The van der Waals surface area contributed by atoms with Crippen LogP contribution in [0.25, 0.3) is 0 Å². The minimum atomic E-state index is -0.802. The average Bonchev–Trinajstić information content (AvgIpc) is 2.83. The van der Waals surface area contributed by atoms with Crippen molar-refractivity contribution in [1.29, 1.82) is 0 Å². The number of likely N-dealkylation sites (tertiary alicyclic amines) is 1. The number of hydrogen-bond donors (Lipinski definition) is 1. The Hall–Kier alpha value is -1.07. The summed E-state index contributed by atoms with van der Waals surface area (Å²) in [5, 5.41) is 15.2. The first kappa shape index (κ1) is 13.4. The smallest absolute Gasteiger partial charge is 0.162 e. The zero-order chi connectivity index (χ0) is 13.2. The summed E-state index contributed by atoms with van der Waals surface area (Å²) in [5.74, 6) is 0.698. The molecule has 1 saturated heterocycles. The van der Waals surface area contributed by atoms with Crippen LogP contribution in [0, 0.1) is 0 Å². The van der Waals surface area contributed by atoms with Crippen LogP contribution in [0.15, 0.2) is 6.20 Å². The number of aromatic nitrogens is 2. The maximum atomic E-state index is 10.9. The van der Waals surface area contributed by atoms with E-state index in [1.807, 2.05) is 11.6 Å². The van der Waals surface area contributed by atoms with Crippen LogP contribution in [-0.2, 0) is 12.1 Å². The van der Waals surface area contributed by atoms with Gasteiger partial charge in [-0.2, -0.15) is 5.10 Å². The van der Waals surface area contributed by atoms with Crippen molar-refractivity contribution in [3.8, 4) is 5.75 Å². The van der Waals surface area contributed by atoms with Gasteiger partial charge in [0, 0.05) is 19.6 Å². The van der Waals surface area contributed by atoms with E-state index in [4.69, 9.17) is 4.74 Å². The Morgan fingerprint density at radius 2 is 2.00 bits per heavy atom. The first-order valence-electron chi connectivity index (χ1n) is 6.69. The van der Waals surface area contributed by atoms with Gasteiger partial charge in [-0.1, -0.05) is 6.92 Å². The van der Waals surface area contributed by atoms with E-state index in [2.05, 4.69) is 16.9 Å². The lowest BCUT2D eigenvalue weighted by molar-refractivity contribution is -0.0330. The van der Waals surface area contributed by atoms with Crippen molar-refractivity contribution in [3.05, 3.63) is 11.9 Å². The lowest BCUT2D eigenvalue weighted by Crippen LogP contribution is -2.43. The Bertz CT molecular complexity index is 373. The fourth-order valence-electron chi connectivity index (χ4n) is 2.70. The molecule has 0 bridgehead atoms. The number of rotatable bonds is 4. The third kappa shape index (κ3) is 2.24. The molecule has 2 heterocycles. The molecule has 0 aliphatic carbocycles. The van der Waals surface area contributed by atoms with E-state index in [0.717, 1.165) is 44.7 Å². The van der Waals surface area contributed by atoms with Crippen molar-refractivity contribution in [3.63, 3.8) is 0 Å². The van der Waals surface area contributed by atoms with Crippen LogP contribution in [0.5, 0.6) is 5.75 Å². The third-order valence-corrected chi connectivity index (χ3v) is 3.90. The molecule has 0 unspecified atom stereocenters. The molecule has 2 rings (SSSR count). The molecule has 102 valence electrons. The Morgan fingerprint density at radius 1 is 1.33 bits per heavy atom. The Kier molecular flexibility index (Phi) is 3.92. The van der Waals surface area contributed by atoms with Gasteiger partial charge in [-0.05, 0) is 26.3 Å². The molecule has 1 N–H and O–H groups in total. The van der Waals surface area contributed by atoms with Gasteiger partial charge >= 0.3 is 0 Å². The van der Waals surface area contributed by atoms with E-state index in [1.165, 1.54) is 0 Å². The summed E-state index contributed by atoms with van der Waals surface area (Å²) in [6.07, 6.45) is 3.18. The maximum absolute atomic E-state index is 10.9. The summed E-state index contributed by atoms with van der Waals surface area (Å²) < 4.78 is 7.19. The molecule has 1 aliphatic rings. The van der Waals surface area contributed by atoms with Crippen LogP contribution >= 0.6 is 0 Å². The minimum absolute atomic E-state index is 0.698. The number of hydrogen-bond acceptors (Lipinski definition) is 4. The zero-order valence-electron chi connectivity index (χ0n) is 11.5. The van der Waals surface area contributed by atoms with Crippen molar-refractivity contribution in [2.45, 2.75) is 38.8 Å².